The Morgan fingerprint density at radius 3 is 2.40 bits per heavy atom. The van der Waals surface area contributed by atoms with Crippen molar-refractivity contribution in [2.75, 3.05) is 0 Å². The fraction of sp³-hybridized carbons (Fsp3) is 0. The predicted molar refractivity (Wildman–Crippen MR) is 76.0 cm³/mol. The van der Waals surface area contributed by atoms with Gasteiger partial charge in [0.2, 0.25) is 0 Å². The number of hydrogen-bond acceptors (Lipinski definition) is 3. The van der Waals surface area contributed by atoms with E-state index in [1.165, 1.54) is 18.2 Å². The van der Waals surface area contributed by atoms with Crippen LogP contribution in [0.25, 0.3) is 16.5 Å². The van der Waals surface area contributed by atoms with Crippen LogP contribution in [0, 0.1) is 0 Å². The Labute approximate surface area is 115 Å². The normalized spacial score (nSPS) is 10.7. The van der Waals surface area contributed by atoms with Gasteiger partial charge in [-0.25, -0.2) is 0 Å². The van der Waals surface area contributed by atoms with Gasteiger partial charge in [-0.2, -0.15) is 0 Å². The van der Waals surface area contributed by atoms with Gasteiger partial charge in [0, 0.05) is 4.91 Å². The van der Waals surface area contributed by atoms with Gasteiger partial charge in [0.15, 0.2) is 5.78 Å². The van der Waals surface area contributed by atoms with E-state index in [1.54, 1.807) is 24.3 Å². The lowest BCUT2D eigenvalue weighted by Gasteiger charge is -2.03. The van der Waals surface area contributed by atoms with Gasteiger partial charge in [0.1, 0.15) is 5.75 Å². The maximum atomic E-state index is 12.3. The summed E-state index contributed by atoms with van der Waals surface area (Å²) in [7, 11) is 0. The lowest BCUT2D eigenvalue weighted by atomic mass is 10.1. The minimum absolute atomic E-state index is 0.0693. The molecule has 0 radical (unpaired) electrons. The third kappa shape index (κ3) is 3.04. The predicted octanol–water partition coefficient (Wildman–Crippen LogP) is 3.93. The molecule has 0 saturated heterocycles. The van der Waals surface area contributed by atoms with Crippen LogP contribution in [0.15, 0.2) is 65.4 Å². The van der Waals surface area contributed by atoms with Gasteiger partial charge in [0.05, 0.1) is 11.3 Å². The lowest BCUT2D eigenvalue weighted by molar-refractivity contribution is 0.103. The molecule has 0 aliphatic carbocycles. The fourth-order valence-electron chi connectivity index (χ4n) is 1.70. The third-order valence-corrected chi connectivity index (χ3v) is 2.64. The van der Waals surface area contributed by atoms with E-state index in [0.717, 1.165) is 5.56 Å². The number of Topliss-reactive ketones (excluding diaryl/α,β-unsaturated/α-hetero) is 1. The summed E-state index contributed by atoms with van der Waals surface area (Å²) in [5.41, 5.74) is 9.35. The topological polar surface area (TPSA) is 86.1 Å². The number of nitrogens with zero attached hydrogens (tertiary/aromatic N) is 3. The van der Waals surface area contributed by atoms with E-state index in [9.17, 15) is 9.90 Å². The van der Waals surface area contributed by atoms with Gasteiger partial charge in [0.25, 0.3) is 0 Å². The van der Waals surface area contributed by atoms with Gasteiger partial charge in [-0.15, -0.1) is 0 Å². The van der Waals surface area contributed by atoms with Crippen LogP contribution in [0.5, 0.6) is 5.75 Å². The average Bonchev–Trinajstić information content (AvgIpc) is 2.48. The van der Waals surface area contributed by atoms with Crippen LogP contribution in [-0.2, 0) is 0 Å². The number of allylic oxidation sites excluding steroid dienone is 1. The van der Waals surface area contributed by atoms with Crippen molar-refractivity contribution in [3.63, 3.8) is 0 Å². The maximum Gasteiger partial charge on any atom is 0.199 e. The fourth-order valence-corrected chi connectivity index (χ4v) is 1.70. The number of rotatable bonds is 4. The molecule has 0 unspecified atom stereocenters. The second kappa shape index (κ2) is 6.22. The van der Waals surface area contributed by atoms with Gasteiger partial charge < -0.3 is 5.11 Å². The van der Waals surface area contributed by atoms with Gasteiger partial charge >= 0.3 is 0 Å². The number of phenols is 1. The van der Waals surface area contributed by atoms with Crippen molar-refractivity contribution in [3.05, 3.63) is 81.9 Å². The first-order valence-electron chi connectivity index (χ1n) is 5.87. The van der Waals surface area contributed by atoms with E-state index in [4.69, 9.17) is 5.53 Å². The van der Waals surface area contributed by atoms with Crippen molar-refractivity contribution >= 4 is 11.9 Å². The minimum Gasteiger partial charge on any atom is -0.507 e. The summed E-state index contributed by atoms with van der Waals surface area (Å²) in [4.78, 5) is 14.9. The zero-order valence-corrected chi connectivity index (χ0v) is 10.5. The molecule has 20 heavy (non-hydrogen) atoms. The number of hydrogen-bond donors (Lipinski definition) is 1. The highest BCUT2D eigenvalue weighted by Gasteiger charge is 2.14. The zero-order valence-electron chi connectivity index (χ0n) is 10.5. The molecule has 0 aliphatic rings. The molecule has 5 nitrogen and oxygen atoms in total. The Kier molecular flexibility index (Phi) is 4.17. The Bertz CT molecular complexity index is 702. The first-order valence-corrected chi connectivity index (χ1v) is 5.87. The molecule has 0 saturated carbocycles. The van der Waals surface area contributed by atoms with Crippen LogP contribution in [-0.4, -0.2) is 10.9 Å². The Balaban J connectivity index is 2.45. The Morgan fingerprint density at radius 2 is 1.75 bits per heavy atom. The minimum atomic E-state index is -0.523. The van der Waals surface area contributed by atoms with Crippen molar-refractivity contribution in [2.24, 2.45) is 5.11 Å². The lowest BCUT2D eigenvalue weighted by Crippen LogP contribution is -2.01. The Hall–Kier alpha value is -3.04. The highest BCUT2D eigenvalue weighted by molar-refractivity contribution is 6.12. The summed E-state index contributed by atoms with van der Waals surface area (Å²) in [5, 5.41) is 13.1. The van der Waals surface area contributed by atoms with Crippen LogP contribution in [0.2, 0.25) is 0 Å². The van der Waals surface area contributed by atoms with Gasteiger partial charge in [-0.3, -0.25) is 4.79 Å². The van der Waals surface area contributed by atoms with Crippen LogP contribution in [0.4, 0.5) is 0 Å². The SMILES string of the molecule is [N-]=[N+]=NC(=Cc1ccccc1)C(=O)c1ccccc1O. The van der Waals surface area contributed by atoms with Crippen LogP contribution < -0.4 is 0 Å². The first kappa shape index (κ1) is 13.4. The van der Waals surface area contributed by atoms with E-state index in [2.05, 4.69) is 10.0 Å². The number of carbonyl (C=O) groups excluding carboxylic acids is 1. The van der Waals surface area contributed by atoms with Gasteiger partial charge in [-0.05, 0) is 29.3 Å². The van der Waals surface area contributed by atoms with E-state index < -0.39 is 5.78 Å². The molecule has 0 aliphatic heterocycles. The molecule has 0 fully saturated rings. The summed E-state index contributed by atoms with van der Waals surface area (Å²) < 4.78 is 0. The number of aromatic hydroxyl groups is 1. The monoisotopic (exact) mass is 265 g/mol. The second-order valence-electron chi connectivity index (χ2n) is 3.98. The van der Waals surface area contributed by atoms with Crippen molar-refractivity contribution in [2.45, 2.75) is 0 Å². The summed E-state index contributed by atoms with van der Waals surface area (Å²) in [5.74, 6) is -0.672. The molecule has 0 amide bonds. The number of ketones is 1. The molecular formula is C15H11N3O2. The molecule has 2 aromatic carbocycles. The van der Waals surface area contributed by atoms with E-state index in [1.807, 2.05) is 18.2 Å². The molecule has 2 aromatic rings. The van der Waals surface area contributed by atoms with E-state index in [-0.39, 0.29) is 17.0 Å². The molecule has 0 aromatic heterocycles. The smallest absolute Gasteiger partial charge is 0.199 e. The molecule has 1 N–H and O–H groups in total. The van der Waals surface area contributed by atoms with Crippen molar-refractivity contribution < 1.29 is 9.90 Å². The molecule has 0 bridgehead atoms. The van der Waals surface area contributed by atoms with Crippen LogP contribution in [0.1, 0.15) is 15.9 Å². The summed E-state index contributed by atoms with van der Waals surface area (Å²) in [6.45, 7) is 0. The third-order valence-electron chi connectivity index (χ3n) is 2.64. The molecule has 2 rings (SSSR count). The Morgan fingerprint density at radius 1 is 1.10 bits per heavy atom. The average molecular weight is 265 g/mol. The molecule has 0 spiro atoms. The molecular weight excluding hydrogens is 254 g/mol. The zero-order chi connectivity index (χ0) is 14.4. The summed E-state index contributed by atoms with van der Waals surface area (Å²) in [6, 6.07) is 15.1. The first-order chi connectivity index (χ1) is 9.72. The highest BCUT2D eigenvalue weighted by Crippen LogP contribution is 2.21. The van der Waals surface area contributed by atoms with Crippen molar-refractivity contribution in [1.29, 1.82) is 0 Å². The maximum absolute atomic E-state index is 12.3. The summed E-state index contributed by atoms with van der Waals surface area (Å²) >= 11 is 0. The number of azide groups is 1. The van der Waals surface area contributed by atoms with Crippen molar-refractivity contribution in [3.8, 4) is 5.75 Å². The second-order valence-corrected chi connectivity index (χ2v) is 3.98. The molecule has 98 valence electrons. The number of carbonyl (C=O) groups is 1. The number of para-hydroxylation sites is 1. The van der Waals surface area contributed by atoms with E-state index >= 15 is 0 Å². The number of phenolic OH excluding ortho intramolecular Hbond substituents is 1. The quantitative estimate of drug-likeness (QED) is 0.298. The largest absolute Gasteiger partial charge is 0.507 e. The van der Waals surface area contributed by atoms with Gasteiger partial charge in [-0.1, -0.05) is 47.6 Å². The highest BCUT2D eigenvalue weighted by atomic mass is 16.3. The summed E-state index contributed by atoms with van der Waals surface area (Å²) in [6.07, 6.45) is 1.48. The van der Waals surface area contributed by atoms with Crippen LogP contribution >= 0.6 is 0 Å². The molecule has 0 atom stereocenters. The molecule has 0 heterocycles. The van der Waals surface area contributed by atoms with Crippen molar-refractivity contribution in [1.82, 2.24) is 0 Å². The van der Waals surface area contributed by atoms with Crippen LogP contribution in [0.3, 0.4) is 0 Å². The number of benzene rings is 2. The molecule has 5 heteroatoms. The van der Waals surface area contributed by atoms with E-state index in [0.29, 0.717) is 0 Å². The standard InChI is InChI=1S/C15H11N3O2/c16-18-17-13(10-11-6-2-1-3-7-11)15(20)12-8-4-5-9-14(12)19/h1-10,19H.